The summed E-state index contributed by atoms with van der Waals surface area (Å²) in [4.78, 5) is 11.2. The normalized spacial score (nSPS) is 9.80. The molecule has 0 fully saturated rings. The summed E-state index contributed by atoms with van der Waals surface area (Å²) in [6.07, 6.45) is 0. The molecule has 1 aromatic carbocycles. The van der Waals surface area contributed by atoms with Crippen molar-refractivity contribution in [2.45, 2.75) is 13.8 Å². The second-order valence-corrected chi connectivity index (χ2v) is 2.98. The zero-order chi connectivity index (χ0) is 11.4. The van der Waals surface area contributed by atoms with Gasteiger partial charge in [0, 0.05) is 0 Å². The van der Waals surface area contributed by atoms with Gasteiger partial charge < -0.3 is 14.6 Å². The van der Waals surface area contributed by atoms with Crippen LogP contribution in [-0.4, -0.2) is 24.6 Å². The third kappa shape index (κ3) is 2.21. The van der Waals surface area contributed by atoms with Crippen molar-refractivity contribution < 1.29 is 19.4 Å². The minimum atomic E-state index is -0.212. The van der Waals surface area contributed by atoms with Crippen LogP contribution >= 0.6 is 0 Å². The molecule has 0 unspecified atom stereocenters. The van der Waals surface area contributed by atoms with Crippen molar-refractivity contribution in [1.29, 1.82) is 0 Å². The largest absolute Gasteiger partial charge is 0.504 e. The van der Waals surface area contributed by atoms with Crippen LogP contribution in [0.4, 0.5) is 0 Å². The number of benzene rings is 1. The Labute approximate surface area is 88.4 Å². The number of rotatable bonds is 4. The van der Waals surface area contributed by atoms with E-state index < -0.39 is 0 Å². The van der Waals surface area contributed by atoms with Crippen molar-refractivity contribution in [3.8, 4) is 17.2 Å². The van der Waals surface area contributed by atoms with Crippen molar-refractivity contribution in [3.05, 3.63) is 17.7 Å². The summed E-state index contributed by atoms with van der Waals surface area (Å²) in [6, 6.07) is 3.11. The molecule has 1 N–H and O–H groups in total. The lowest BCUT2D eigenvalue weighted by Crippen LogP contribution is -2.00. The average molecular weight is 210 g/mol. The van der Waals surface area contributed by atoms with Crippen molar-refractivity contribution in [3.63, 3.8) is 0 Å². The Morgan fingerprint density at radius 3 is 2.60 bits per heavy atom. The van der Waals surface area contributed by atoms with Gasteiger partial charge in [0.25, 0.3) is 0 Å². The first-order valence-electron chi connectivity index (χ1n) is 4.65. The lowest BCUT2D eigenvalue weighted by atomic mass is 10.1. The Kier molecular flexibility index (Phi) is 3.55. The number of hydrogen-bond donors (Lipinski definition) is 1. The van der Waals surface area contributed by atoms with Gasteiger partial charge in [0.05, 0.1) is 19.3 Å². The first-order valence-corrected chi connectivity index (χ1v) is 4.65. The molecular weight excluding hydrogens is 196 g/mol. The standard InChI is InChI=1S/C11H14O4/c1-4-15-11-9(14-3)6-5-8(7(2)12)10(11)13/h5-6,13H,4H2,1-3H3. The molecule has 0 aliphatic rings. The second-order valence-electron chi connectivity index (χ2n) is 2.98. The molecule has 0 aliphatic carbocycles. The molecule has 0 bridgehead atoms. The number of ketones is 1. The van der Waals surface area contributed by atoms with Gasteiger partial charge in [-0.25, -0.2) is 0 Å². The zero-order valence-electron chi connectivity index (χ0n) is 9.03. The molecule has 0 atom stereocenters. The van der Waals surface area contributed by atoms with Crippen molar-refractivity contribution in [2.24, 2.45) is 0 Å². The van der Waals surface area contributed by atoms with Crippen LogP contribution in [0.1, 0.15) is 24.2 Å². The van der Waals surface area contributed by atoms with E-state index in [1.54, 1.807) is 13.0 Å². The number of phenolic OH excluding ortho intramolecular Hbond substituents is 1. The minimum Gasteiger partial charge on any atom is -0.504 e. The van der Waals surface area contributed by atoms with Gasteiger partial charge in [-0.2, -0.15) is 0 Å². The molecule has 15 heavy (non-hydrogen) atoms. The van der Waals surface area contributed by atoms with Gasteiger partial charge in [-0.05, 0) is 26.0 Å². The predicted molar refractivity (Wildman–Crippen MR) is 55.8 cm³/mol. The number of ether oxygens (including phenoxy) is 2. The summed E-state index contributed by atoms with van der Waals surface area (Å²) in [5.41, 5.74) is 0.235. The van der Waals surface area contributed by atoms with Gasteiger partial charge in [0.2, 0.25) is 5.75 Å². The molecule has 1 rings (SSSR count). The first kappa shape index (κ1) is 11.4. The van der Waals surface area contributed by atoms with Crippen LogP contribution in [0.25, 0.3) is 0 Å². The fourth-order valence-electron chi connectivity index (χ4n) is 1.28. The molecule has 1 aromatic rings. The highest BCUT2D eigenvalue weighted by Gasteiger charge is 2.16. The molecule has 0 heterocycles. The maximum atomic E-state index is 11.2. The summed E-state index contributed by atoms with van der Waals surface area (Å²) in [5.74, 6) is 0.256. The monoisotopic (exact) mass is 210 g/mol. The van der Waals surface area contributed by atoms with E-state index in [4.69, 9.17) is 9.47 Å². The predicted octanol–water partition coefficient (Wildman–Crippen LogP) is 2.00. The number of methoxy groups -OCH3 is 1. The topological polar surface area (TPSA) is 55.8 Å². The number of carbonyl (C=O) groups is 1. The lowest BCUT2D eigenvalue weighted by molar-refractivity contribution is 0.101. The zero-order valence-corrected chi connectivity index (χ0v) is 9.03. The van der Waals surface area contributed by atoms with E-state index in [0.29, 0.717) is 12.4 Å². The molecule has 4 nitrogen and oxygen atoms in total. The maximum Gasteiger partial charge on any atom is 0.204 e. The molecule has 4 heteroatoms. The van der Waals surface area contributed by atoms with E-state index in [2.05, 4.69) is 0 Å². The Hall–Kier alpha value is -1.71. The second kappa shape index (κ2) is 4.68. The Bertz CT molecular complexity index is 371. The van der Waals surface area contributed by atoms with Crippen LogP contribution < -0.4 is 9.47 Å². The van der Waals surface area contributed by atoms with E-state index in [0.717, 1.165) is 0 Å². The quantitative estimate of drug-likeness (QED) is 0.772. The molecule has 0 aromatic heterocycles. The van der Waals surface area contributed by atoms with Gasteiger partial charge in [-0.15, -0.1) is 0 Å². The highest BCUT2D eigenvalue weighted by molar-refractivity contribution is 5.98. The molecule has 0 aliphatic heterocycles. The van der Waals surface area contributed by atoms with Crippen molar-refractivity contribution in [1.82, 2.24) is 0 Å². The third-order valence-corrected chi connectivity index (χ3v) is 1.98. The van der Waals surface area contributed by atoms with Crippen LogP contribution in [0, 0.1) is 0 Å². The molecule has 0 radical (unpaired) electrons. The molecule has 0 spiro atoms. The summed E-state index contributed by atoms with van der Waals surface area (Å²) < 4.78 is 10.2. The van der Waals surface area contributed by atoms with Crippen LogP contribution in [-0.2, 0) is 0 Å². The van der Waals surface area contributed by atoms with Crippen LogP contribution in [0.5, 0.6) is 17.2 Å². The number of hydrogen-bond acceptors (Lipinski definition) is 4. The molecule has 0 saturated heterocycles. The van der Waals surface area contributed by atoms with Crippen LogP contribution in [0.3, 0.4) is 0 Å². The number of carbonyl (C=O) groups excluding carboxylic acids is 1. The highest BCUT2D eigenvalue weighted by atomic mass is 16.5. The van der Waals surface area contributed by atoms with Crippen molar-refractivity contribution >= 4 is 5.78 Å². The summed E-state index contributed by atoms with van der Waals surface area (Å²) in [6.45, 7) is 3.57. The highest BCUT2D eigenvalue weighted by Crippen LogP contribution is 2.39. The van der Waals surface area contributed by atoms with Crippen LogP contribution in [0.2, 0.25) is 0 Å². The summed E-state index contributed by atoms with van der Waals surface area (Å²) >= 11 is 0. The van der Waals surface area contributed by atoms with Gasteiger partial charge in [-0.3, -0.25) is 4.79 Å². The molecular formula is C11H14O4. The SMILES string of the molecule is CCOc1c(OC)ccc(C(C)=O)c1O. The van der Waals surface area contributed by atoms with E-state index >= 15 is 0 Å². The smallest absolute Gasteiger partial charge is 0.204 e. The minimum absolute atomic E-state index is 0.163. The van der Waals surface area contributed by atoms with Gasteiger partial charge in [-0.1, -0.05) is 0 Å². The molecule has 0 saturated carbocycles. The fraction of sp³-hybridized carbons (Fsp3) is 0.364. The first-order chi connectivity index (χ1) is 7.11. The fourth-order valence-corrected chi connectivity index (χ4v) is 1.28. The van der Waals surface area contributed by atoms with E-state index in [9.17, 15) is 9.90 Å². The number of aromatic hydroxyl groups is 1. The van der Waals surface area contributed by atoms with E-state index in [1.165, 1.54) is 20.1 Å². The maximum absolute atomic E-state index is 11.2. The number of phenols is 1. The van der Waals surface area contributed by atoms with E-state index in [-0.39, 0.29) is 22.8 Å². The van der Waals surface area contributed by atoms with Crippen molar-refractivity contribution in [2.75, 3.05) is 13.7 Å². The Morgan fingerprint density at radius 1 is 1.47 bits per heavy atom. The lowest BCUT2D eigenvalue weighted by Gasteiger charge is -2.12. The molecule has 82 valence electrons. The van der Waals surface area contributed by atoms with Gasteiger partial charge >= 0.3 is 0 Å². The molecule has 0 amide bonds. The van der Waals surface area contributed by atoms with Crippen LogP contribution in [0.15, 0.2) is 12.1 Å². The van der Waals surface area contributed by atoms with E-state index in [1.807, 2.05) is 0 Å². The average Bonchev–Trinajstić information content (AvgIpc) is 2.20. The Morgan fingerprint density at radius 2 is 2.13 bits per heavy atom. The summed E-state index contributed by atoms with van der Waals surface area (Å²) in [5, 5.41) is 9.78. The van der Waals surface area contributed by atoms with Gasteiger partial charge in [0.15, 0.2) is 17.3 Å². The third-order valence-electron chi connectivity index (χ3n) is 1.98. The number of Topliss-reactive ketones (excluding diaryl/α,β-unsaturated/α-hetero) is 1. The van der Waals surface area contributed by atoms with Gasteiger partial charge in [0.1, 0.15) is 0 Å². The Balaban J connectivity index is 3.28. The summed E-state index contributed by atoms with van der Waals surface area (Å²) in [7, 11) is 1.48.